The van der Waals surface area contributed by atoms with Crippen molar-refractivity contribution in [2.75, 3.05) is 6.61 Å². The van der Waals surface area contributed by atoms with Crippen LogP contribution in [0.5, 0.6) is 5.75 Å². The first-order valence-corrected chi connectivity index (χ1v) is 11.7. The van der Waals surface area contributed by atoms with Crippen LogP contribution in [0.2, 0.25) is 0 Å². The summed E-state index contributed by atoms with van der Waals surface area (Å²) in [7, 11) is 0. The van der Waals surface area contributed by atoms with Gasteiger partial charge in [0, 0.05) is 18.5 Å². The summed E-state index contributed by atoms with van der Waals surface area (Å²) in [4.78, 5) is 25.1. The van der Waals surface area contributed by atoms with Crippen LogP contribution in [0.4, 0.5) is 0 Å². The minimum atomic E-state index is -0.483. The fourth-order valence-electron chi connectivity index (χ4n) is 3.51. The van der Waals surface area contributed by atoms with Gasteiger partial charge in [-0.1, -0.05) is 30.3 Å². The van der Waals surface area contributed by atoms with Crippen molar-refractivity contribution >= 4 is 24.1 Å². The molecule has 1 heterocycles. The Bertz CT molecular complexity index is 1140. The summed E-state index contributed by atoms with van der Waals surface area (Å²) < 4.78 is 13.0. The average molecular weight is 483 g/mol. The molecule has 0 aliphatic carbocycles. The maximum Gasteiger partial charge on any atom is 0.308 e. The Morgan fingerprint density at radius 2 is 1.82 bits per heavy atom. The number of nitrogens with one attached hydrogen (secondary N) is 2. The van der Waals surface area contributed by atoms with E-state index in [1.165, 1.54) is 0 Å². The van der Waals surface area contributed by atoms with Crippen molar-refractivity contribution in [1.82, 2.24) is 20.1 Å². The normalized spacial score (nSPS) is 11.8. The fraction of sp³-hybridized carbons (Fsp3) is 0.360. The lowest BCUT2D eigenvalue weighted by atomic mass is 10.0. The molecule has 2 N–H and O–H groups in total. The molecule has 3 rings (SSSR count). The molecule has 3 aromatic rings. The highest BCUT2D eigenvalue weighted by molar-refractivity contribution is 7.71. The van der Waals surface area contributed by atoms with E-state index in [4.69, 9.17) is 21.7 Å². The summed E-state index contributed by atoms with van der Waals surface area (Å²) in [6.07, 6.45) is 0.000304. The third-order valence-corrected chi connectivity index (χ3v) is 5.33. The zero-order chi connectivity index (χ0) is 24.5. The lowest BCUT2D eigenvalue weighted by Crippen LogP contribution is -2.31. The molecule has 0 spiro atoms. The van der Waals surface area contributed by atoms with Crippen LogP contribution in [0.15, 0.2) is 54.6 Å². The van der Waals surface area contributed by atoms with Crippen LogP contribution >= 0.6 is 12.2 Å². The molecule has 0 aliphatic rings. The third-order valence-electron chi connectivity index (χ3n) is 5.02. The monoisotopic (exact) mass is 482 g/mol. The minimum Gasteiger partial charge on any atom is -0.494 e. The first-order chi connectivity index (χ1) is 16.4. The number of esters is 1. The second-order valence-corrected chi connectivity index (χ2v) is 8.37. The molecule has 1 amide bonds. The molecule has 0 saturated heterocycles. The van der Waals surface area contributed by atoms with Crippen LogP contribution in [-0.4, -0.2) is 39.4 Å². The highest BCUT2D eigenvalue weighted by Gasteiger charge is 2.20. The van der Waals surface area contributed by atoms with Gasteiger partial charge < -0.3 is 14.8 Å². The molecule has 0 saturated carbocycles. The number of carbonyl (C=O) groups excluding carboxylic acids is 2. The second-order valence-electron chi connectivity index (χ2n) is 7.98. The van der Waals surface area contributed by atoms with Crippen molar-refractivity contribution in [3.8, 4) is 17.1 Å². The summed E-state index contributed by atoms with van der Waals surface area (Å²) in [6.45, 7) is 6.45. The van der Waals surface area contributed by atoms with E-state index in [1.54, 1.807) is 18.4 Å². The Morgan fingerprint density at radius 3 is 2.47 bits per heavy atom. The molecule has 0 aliphatic heterocycles. The van der Waals surface area contributed by atoms with Crippen molar-refractivity contribution in [2.24, 2.45) is 0 Å². The molecule has 0 fully saturated rings. The maximum atomic E-state index is 12.8. The summed E-state index contributed by atoms with van der Waals surface area (Å²) in [5.74, 6) is 0.848. The number of aromatic nitrogens is 3. The van der Waals surface area contributed by atoms with E-state index in [0.29, 0.717) is 23.7 Å². The summed E-state index contributed by atoms with van der Waals surface area (Å²) >= 11 is 5.38. The standard InChI is InChI=1S/C25H30N4O4S/c1-4-32-20-12-10-19(11-13-20)24-27-28-25(34)29(24)15-14-22(30)26-21(16-23(31)33-17(2)3)18-8-6-5-7-9-18/h5-13,17,21H,4,14-16H2,1-3H3,(H,26,30)(H,28,34). The van der Waals surface area contributed by atoms with E-state index in [0.717, 1.165) is 16.9 Å². The SMILES string of the molecule is CCOc1ccc(-c2n[nH]c(=S)n2CCC(=O)NC(CC(=O)OC(C)C)c2ccccc2)cc1. The number of aromatic amines is 1. The van der Waals surface area contributed by atoms with Crippen molar-refractivity contribution in [2.45, 2.75) is 52.3 Å². The van der Waals surface area contributed by atoms with Crippen LogP contribution in [0.1, 0.15) is 45.2 Å². The first-order valence-electron chi connectivity index (χ1n) is 11.3. The van der Waals surface area contributed by atoms with Crippen molar-refractivity contribution < 1.29 is 19.1 Å². The molecule has 1 atom stereocenters. The Kier molecular flexibility index (Phi) is 8.98. The van der Waals surface area contributed by atoms with E-state index in [9.17, 15) is 9.59 Å². The maximum absolute atomic E-state index is 12.8. The molecule has 34 heavy (non-hydrogen) atoms. The average Bonchev–Trinajstić information content (AvgIpc) is 3.18. The van der Waals surface area contributed by atoms with Gasteiger partial charge in [-0.2, -0.15) is 5.10 Å². The Balaban J connectivity index is 1.69. The predicted molar refractivity (Wildman–Crippen MR) is 132 cm³/mol. The van der Waals surface area contributed by atoms with Gasteiger partial charge in [-0.25, -0.2) is 0 Å². The van der Waals surface area contributed by atoms with Crippen LogP contribution in [-0.2, 0) is 20.9 Å². The molecule has 8 nitrogen and oxygen atoms in total. The van der Waals surface area contributed by atoms with E-state index in [2.05, 4.69) is 15.5 Å². The number of carbonyl (C=O) groups is 2. The molecular formula is C25H30N4O4S. The van der Waals surface area contributed by atoms with Crippen LogP contribution < -0.4 is 10.1 Å². The van der Waals surface area contributed by atoms with E-state index >= 15 is 0 Å². The number of H-pyrrole nitrogens is 1. The van der Waals surface area contributed by atoms with Gasteiger partial charge >= 0.3 is 5.97 Å². The van der Waals surface area contributed by atoms with E-state index in [1.807, 2.05) is 61.5 Å². The number of rotatable bonds is 11. The summed E-state index contributed by atoms with van der Waals surface area (Å²) in [5, 5.41) is 10.1. The predicted octanol–water partition coefficient (Wildman–Crippen LogP) is 4.60. The van der Waals surface area contributed by atoms with Gasteiger partial charge in [0.25, 0.3) is 0 Å². The Morgan fingerprint density at radius 1 is 1.12 bits per heavy atom. The zero-order valence-corrected chi connectivity index (χ0v) is 20.4. The molecule has 2 aromatic carbocycles. The number of ether oxygens (including phenoxy) is 2. The summed E-state index contributed by atoms with van der Waals surface area (Å²) in [6, 6.07) is 16.4. The number of nitrogens with zero attached hydrogens (tertiary/aromatic N) is 2. The van der Waals surface area contributed by atoms with Gasteiger partial charge in [-0.15, -0.1) is 0 Å². The second kappa shape index (κ2) is 12.1. The molecule has 9 heteroatoms. The molecule has 1 unspecified atom stereocenters. The number of hydrogen-bond donors (Lipinski definition) is 2. The largest absolute Gasteiger partial charge is 0.494 e. The molecular weight excluding hydrogens is 452 g/mol. The van der Waals surface area contributed by atoms with E-state index in [-0.39, 0.29) is 30.8 Å². The van der Waals surface area contributed by atoms with Crippen LogP contribution in [0.25, 0.3) is 11.4 Å². The number of amides is 1. The van der Waals surface area contributed by atoms with Crippen molar-refractivity contribution in [1.29, 1.82) is 0 Å². The topological polar surface area (TPSA) is 98.2 Å². The van der Waals surface area contributed by atoms with Crippen molar-refractivity contribution in [3.63, 3.8) is 0 Å². The lowest BCUT2D eigenvalue weighted by Gasteiger charge is -2.19. The van der Waals surface area contributed by atoms with Gasteiger partial charge in [0.15, 0.2) is 10.6 Å². The molecule has 0 bridgehead atoms. The quantitative estimate of drug-likeness (QED) is 0.306. The number of hydrogen-bond acceptors (Lipinski definition) is 6. The summed E-state index contributed by atoms with van der Waals surface area (Å²) in [5.41, 5.74) is 1.70. The van der Waals surface area contributed by atoms with Gasteiger partial charge in [0.05, 0.1) is 25.2 Å². The lowest BCUT2D eigenvalue weighted by molar-refractivity contribution is -0.148. The fourth-order valence-corrected chi connectivity index (χ4v) is 3.73. The van der Waals surface area contributed by atoms with Gasteiger partial charge in [-0.3, -0.25) is 19.3 Å². The van der Waals surface area contributed by atoms with Crippen molar-refractivity contribution in [3.05, 3.63) is 64.9 Å². The van der Waals surface area contributed by atoms with E-state index < -0.39 is 6.04 Å². The molecule has 1 aromatic heterocycles. The third kappa shape index (κ3) is 7.02. The highest BCUT2D eigenvalue weighted by Crippen LogP contribution is 2.22. The van der Waals surface area contributed by atoms with Crippen LogP contribution in [0.3, 0.4) is 0 Å². The van der Waals surface area contributed by atoms with Crippen LogP contribution in [0, 0.1) is 4.77 Å². The van der Waals surface area contributed by atoms with Gasteiger partial charge in [0.1, 0.15) is 5.75 Å². The first kappa shape index (κ1) is 25.2. The minimum absolute atomic E-state index is 0.0521. The Labute approximate surface area is 204 Å². The Hall–Kier alpha value is -3.46. The van der Waals surface area contributed by atoms with Gasteiger partial charge in [-0.05, 0) is 62.8 Å². The smallest absolute Gasteiger partial charge is 0.308 e. The molecule has 0 radical (unpaired) electrons. The zero-order valence-electron chi connectivity index (χ0n) is 19.6. The molecule has 180 valence electrons. The number of benzene rings is 2. The highest BCUT2D eigenvalue weighted by atomic mass is 32.1. The van der Waals surface area contributed by atoms with Gasteiger partial charge in [0.2, 0.25) is 5.91 Å².